The highest BCUT2D eigenvalue weighted by atomic mass is 16.5. The summed E-state index contributed by atoms with van der Waals surface area (Å²) in [7, 11) is 0. The Morgan fingerprint density at radius 3 is 2.30 bits per heavy atom. The van der Waals surface area contributed by atoms with E-state index in [4.69, 9.17) is 4.74 Å². The van der Waals surface area contributed by atoms with Gasteiger partial charge in [0.15, 0.2) is 0 Å². The minimum absolute atomic E-state index is 0.350. The average Bonchev–Trinajstić information content (AvgIpc) is 3.49. The number of hydrogen-bond acceptors (Lipinski definition) is 6. The Bertz CT molecular complexity index is 1590. The summed E-state index contributed by atoms with van der Waals surface area (Å²) in [5.74, 6) is 3.56. The number of aromatic nitrogens is 2. The zero-order valence-electron chi connectivity index (χ0n) is 22.3. The number of fused-ring (bicyclic) bond motifs is 2. The number of benzene rings is 4. The molecule has 7 rings (SSSR count). The van der Waals surface area contributed by atoms with Gasteiger partial charge >= 0.3 is 0 Å². The normalized spacial score (nSPS) is 19.9. The van der Waals surface area contributed by atoms with E-state index in [1.54, 1.807) is 6.33 Å². The number of anilines is 2. The van der Waals surface area contributed by atoms with Gasteiger partial charge in [-0.25, -0.2) is 9.97 Å². The summed E-state index contributed by atoms with van der Waals surface area (Å²) >= 11 is 0. The molecule has 1 aromatic heterocycles. The van der Waals surface area contributed by atoms with Gasteiger partial charge in [0.25, 0.3) is 0 Å². The molecule has 4 aromatic carbocycles. The van der Waals surface area contributed by atoms with Gasteiger partial charge in [0.05, 0.1) is 5.52 Å². The first kappa shape index (κ1) is 24.8. The number of nitrogens with one attached hydrogen (secondary N) is 1. The van der Waals surface area contributed by atoms with Crippen LogP contribution in [0, 0.1) is 17.8 Å². The monoisotopic (exact) mass is 528 g/mol. The van der Waals surface area contributed by atoms with Gasteiger partial charge in [-0.2, -0.15) is 0 Å². The maximum Gasteiger partial charge on any atom is 0.141 e. The lowest BCUT2D eigenvalue weighted by Crippen LogP contribution is -2.24. The molecule has 1 aliphatic carbocycles. The number of likely N-dealkylation sites (tertiary alicyclic amines) is 1. The molecule has 0 spiro atoms. The van der Waals surface area contributed by atoms with E-state index >= 15 is 0 Å². The minimum Gasteiger partial charge on any atom is -0.489 e. The molecule has 2 N–H and O–H groups in total. The van der Waals surface area contributed by atoms with Crippen LogP contribution in [0.2, 0.25) is 0 Å². The van der Waals surface area contributed by atoms with Gasteiger partial charge in [-0.3, -0.25) is 4.90 Å². The molecule has 1 saturated carbocycles. The van der Waals surface area contributed by atoms with Crippen molar-refractivity contribution in [2.45, 2.75) is 13.2 Å². The van der Waals surface area contributed by atoms with E-state index in [0.29, 0.717) is 31.0 Å². The molecule has 0 radical (unpaired) electrons. The first-order valence-corrected chi connectivity index (χ1v) is 13.9. The Balaban J connectivity index is 1.03. The third-order valence-corrected chi connectivity index (χ3v) is 8.35. The molecule has 6 heteroatoms. The van der Waals surface area contributed by atoms with Crippen LogP contribution in [0.1, 0.15) is 11.1 Å². The van der Waals surface area contributed by atoms with E-state index in [-0.39, 0.29) is 0 Å². The molecule has 2 atom stereocenters. The summed E-state index contributed by atoms with van der Waals surface area (Å²) in [6.07, 6.45) is 1.60. The number of aliphatic hydroxyl groups is 1. The highest BCUT2D eigenvalue weighted by Crippen LogP contribution is 2.51. The number of piperidine rings is 1. The Labute approximate surface area is 234 Å². The molecule has 0 bridgehead atoms. The second-order valence-electron chi connectivity index (χ2n) is 10.9. The third kappa shape index (κ3) is 5.16. The van der Waals surface area contributed by atoms with E-state index in [1.165, 1.54) is 11.1 Å². The van der Waals surface area contributed by atoms with Crippen molar-refractivity contribution in [2.75, 3.05) is 25.0 Å². The highest BCUT2D eigenvalue weighted by molar-refractivity contribution is 5.93. The predicted octanol–water partition coefficient (Wildman–Crippen LogP) is 6.29. The van der Waals surface area contributed by atoms with Crippen LogP contribution in [0.4, 0.5) is 11.5 Å². The van der Waals surface area contributed by atoms with E-state index < -0.39 is 0 Å². The maximum absolute atomic E-state index is 9.41. The van der Waals surface area contributed by atoms with E-state index in [9.17, 15) is 5.11 Å². The van der Waals surface area contributed by atoms with Crippen molar-refractivity contribution < 1.29 is 9.84 Å². The van der Waals surface area contributed by atoms with Gasteiger partial charge in [0, 0.05) is 37.3 Å². The molecule has 6 nitrogen and oxygen atoms in total. The zero-order valence-corrected chi connectivity index (χ0v) is 22.3. The van der Waals surface area contributed by atoms with Gasteiger partial charge in [-0.05, 0) is 76.4 Å². The molecule has 2 fully saturated rings. The summed E-state index contributed by atoms with van der Waals surface area (Å²) in [6.45, 7) is 4.09. The number of hydrogen-bond donors (Lipinski definition) is 2. The summed E-state index contributed by atoms with van der Waals surface area (Å²) in [5.41, 5.74) is 6.61. The molecule has 5 aromatic rings. The highest BCUT2D eigenvalue weighted by Gasteiger charge is 2.54. The third-order valence-electron chi connectivity index (χ3n) is 8.35. The van der Waals surface area contributed by atoms with Gasteiger partial charge in [0.1, 0.15) is 24.5 Å². The summed E-state index contributed by atoms with van der Waals surface area (Å²) in [4.78, 5) is 11.6. The molecule has 1 aliphatic heterocycles. The van der Waals surface area contributed by atoms with Crippen LogP contribution in [-0.4, -0.2) is 39.7 Å². The van der Waals surface area contributed by atoms with Crippen molar-refractivity contribution in [3.63, 3.8) is 0 Å². The summed E-state index contributed by atoms with van der Waals surface area (Å²) < 4.78 is 5.93. The number of aliphatic hydroxyl groups excluding tert-OH is 1. The number of rotatable bonds is 9. The van der Waals surface area contributed by atoms with Crippen molar-refractivity contribution in [1.29, 1.82) is 0 Å². The number of nitrogens with zero attached hydrogens (tertiary/aromatic N) is 3. The smallest absolute Gasteiger partial charge is 0.141 e. The van der Waals surface area contributed by atoms with Crippen LogP contribution in [0.3, 0.4) is 0 Å². The zero-order chi connectivity index (χ0) is 26.9. The summed E-state index contributed by atoms with van der Waals surface area (Å²) in [5, 5.41) is 13.8. The number of ether oxygens (including phenoxy) is 1. The second-order valence-corrected chi connectivity index (χ2v) is 10.9. The fourth-order valence-electron chi connectivity index (χ4n) is 6.05. The molecule has 0 amide bonds. The van der Waals surface area contributed by atoms with Gasteiger partial charge in [-0.1, -0.05) is 60.7 Å². The van der Waals surface area contributed by atoms with Crippen LogP contribution in [-0.2, 0) is 13.2 Å². The van der Waals surface area contributed by atoms with Crippen molar-refractivity contribution in [3.05, 3.63) is 115 Å². The van der Waals surface area contributed by atoms with Crippen molar-refractivity contribution in [2.24, 2.45) is 17.8 Å². The fourth-order valence-corrected chi connectivity index (χ4v) is 6.05. The SMILES string of the molecule is OCC1C2CN(Cc3ccc(-c4ccc5ncnc(Nc6ccc(OCc7ccccc7)cc6)c5c4)cc3)CC12. The lowest BCUT2D eigenvalue weighted by Gasteiger charge is -2.19. The lowest BCUT2D eigenvalue weighted by atomic mass is 10.0. The molecule has 200 valence electrons. The van der Waals surface area contributed by atoms with Gasteiger partial charge in [-0.15, -0.1) is 0 Å². The molecule has 40 heavy (non-hydrogen) atoms. The van der Waals surface area contributed by atoms with E-state index in [2.05, 4.69) is 74.8 Å². The van der Waals surface area contributed by atoms with Crippen LogP contribution < -0.4 is 10.1 Å². The molecular weight excluding hydrogens is 496 g/mol. The molecule has 1 saturated heterocycles. The standard InChI is InChI=1S/C34H32N4O2/c39-20-32-30-18-38(19-31(30)32)17-23-6-8-25(9-7-23)26-10-15-33-29(16-26)34(36-22-35-33)37-27-11-13-28(14-12-27)40-21-24-4-2-1-3-5-24/h1-16,22,30-32,39H,17-21H2,(H,35,36,37). The topological polar surface area (TPSA) is 70.5 Å². The predicted molar refractivity (Wildman–Crippen MR) is 158 cm³/mol. The summed E-state index contributed by atoms with van der Waals surface area (Å²) in [6, 6.07) is 33.3. The fraction of sp³-hybridized carbons (Fsp3) is 0.235. The Morgan fingerprint density at radius 1 is 0.800 bits per heavy atom. The molecular formula is C34H32N4O2. The van der Waals surface area contributed by atoms with Crippen LogP contribution in [0.15, 0.2) is 103 Å². The van der Waals surface area contributed by atoms with Gasteiger partial charge < -0.3 is 15.2 Å². The van der Waals surface area contributed by atoms with Crippen LogP contribution in [0.25, 0.3) is 22.0 Å². The van der Waals surface area contributed by atoms with E-state index in [1.807, 2.05) is 42.5 Å². The minimum atomic E-state index is 0.350. The van der Waals surface area contributed by atoms with Crippen molar-refractivity contribution >= 4 is 22.4 Å². The largest absolute Gasteiger partial charge is 0.489 e. The lowest BCUT2D eigenvalue weighted by molar-refractivity contribution is 0.217. The molecule has 2 unspecified atom stereocenters. The Hall–Kier alpha value is -4.26. The Morgan fingerprint density at radius 2 is 1.55 bits per heavy atom. The first-order valence-electron chi connectivity index (χ1n) is 13.9. The Kier molecular flexibility index (Phi) is 6.63. The van der Waals surface area contributed by atoms with Crippen molar-refractivity contribution in [3.8, 4) is 16.9 Å². The first-order chi connectivity index (χ1) is 19.7. The van der Waals surface area contributed by atoms with Crippen LogP contribution >= 0.6 is 0 Å². The average molecular weight is 529 g/mol. The molecule has 2 aliphatic rings. The molecule has 2 heterocycles. The maximum atomic E-state index is 9.41. The van der Waals surface area contributed by atoms with E-state index in [0.717, 1.165) is 58.9 Å². The van der Waals surface area contributed by atoms with Crippen molar-refractivity contribution in [1.82, 2.24) is 14.9 Å². The van der Waals surface area contributed by atoms with Crippen LogP contribution in [0.5, 0.6) is 5.75 Å². The van der Waals surface area contributed by atoms with Gasteiger partial charge in [0.2, 0.25) is 0 Å². The quantitative estimate of drug-likeness (QED) is 0.234. The second kappa shape index (κ2) is 10.7.